The van der Waals surface area contributed by atoms with E-state index >= 15 is 0 Å². The van der Waals surface area contributed by atoms with E-state index in [0.29, 0.717) is 61.2 Å². The van der Waals surface area contributed by atoms with Gasteiger partial charge >= 0.3 is 0 Å². The lowest BCUT2D eigenvalue weighted by Gasteiger charge is -2.10. The maximum atomic E-state index is 12.4. The Hall–Kier alpha value is -4.84. The molecular weight excluding hydrogens is 687 g/mol. The highest BCUT2D eigenvalue weighted by molar-refractivity contribution is 7.98. The lowest BCUT2D eigenvalue weighted by atomic mass is 10.2. The van der Waals surface area contributed by atoms with Crippen LogP contribution in [0.2, 0.25) is 0 Å². The highest BCUT2D eigenvalue weighted by Gasteiger charge is 2.07. The maximum Gasteiger partial charge on any atom is 0.231 e. The molecule has 0 unspecified atom stereocenters. The number of hydrogen-bond donors (Lipinski definition) is 5. The van der Waals surface area contributed by atoms with Crippen molar-refractivity contribution in [3.8, 4) is 11.5 Å². The second-order valence-electron chi connectivity index (χ2n) is 12.4. The smallest absolute Gasteiger partial charge is 0.231 e. The van der Waals surface area contributed by atoms with Crippen molar-refractivity contribution in [3.05, 3.63) is 121 Å². The normalized spacial score (nSPS) is 10.8. The standard InChI is InChI=1S/C42H55N5O5S/c1-3-4-16-34(2)31-51-38-21-14-19-36(29-38)46-40(48)23-10-6-12-25-43-27-28-45-53-33-42(50)44-26-13-7-11-24-41(49)47-37-20-15-22-39(30-37)52-32-35-17-8-5-9-18-35/h3-5,8-9,14-22,29-30,43,45H,1-2,6-7,10-13,23-28,31-33H2,(H,44,50)(H,46,48)(H,47,49)/b16-4-. The number of ether oxygens (including phenoxy) is 2. The summed E-state index contributed by atoms with van der Waals surface area (Å²) in [5.74, 6) is 1.67. The largest absolute Gasteiger partial charge is 0.489 e. The Morgan fingerprint density at radius 3 is 1.98 bits per heavy atom. The molecule has 0 saturated heterocycles. The van der Waals surface area contributed by atoms with E-state index < -0.39 is 0 Å². The molecule has 0 bridgehead atoms. The van der Waals surface area contributed by atoms with Gasteiger partial charge in [0.2, 0.25) is 17.7 Å². The van der Waals surface area contributed by atoms with Crippen LogP contribution in [0.25, 0.3) is 0 Å². The Balaban J connectivity index is 1.09. The zero-order chi connectivity index (χ0) is 37.8. The van der Waals surface area contributed by atoms with Gasteiger partial charge in [-0.25, -0.2) is 0 Å². The summed E-state index contributed by atoms with van der Waals surface area (Å²) < 4.78 is 14.8. The number of anilines is 2. The molecule has 11 heteroatoms. The van der Waals surface area contributed by atoms with E-state index in [1.807, 2.05) is 91.0 Å². The Morgan fingerprint density at radius 2 is 1.32 bits per heavy atom. The highest BCUT2D eigenvalue weighted by Crippen LogP contribution is 2.20. The molecule has 0 radical (unpaired) electrons. The number of rotatable bonds is 28. The van der Waals surface area contributed by atoms with Gasteiger partial charge in [0.25, 0.3) is 0 Å². The Bertz CT molecular complexity index is 1580. The molecule has 3 aromatic rings. The van der Waals surface area contributed by atoms with Gasteiger partial charge in [-0.2, -0.15) is 0 Å². The highest BCUT2D eigenvalue weighted by atomic mass is 32.2. The molecule has 284 valence electrons. The number of unbranched alkanes of at least 4 members (excludes halogenated alkanes) is 4. The van der Waals surface area contributed by atoms with E-state index in [0.717, 1.165) is 69.3 Å². The first-order chi connectivity index (χ1) is 25.9. The molecule has 0 saturated carbocycles. The summed E-state index contributed by atoms with van der Waals surface area (Å²) in [6, 6.07) is 24.7. The first kappa shape index (κ1) is 42.6. The van der Waals surface area contributed by atoms with Crippen LogP contribution < -0.4 is 35.5 Å². The van der Waals surface area contributed by atoms with Crippen molar-refractivity contribution >= 4 is 41.0 Å². The third-order valence-electron chi connectivity index (χ3n) is 7.75. The third kappa shape index (κ3) is 20.7. The van der Waals surface area contributed by atoms with E-state index in [-0.39, 0.29) is 17.7 Å². The number of carbonyl (C=O) groups excluding carboxylic acids is 3. The zero-order valence-corrected chi connectivity index (χ0v) is 31.5. The number of allylic oxidation sites excluding steroid dienone is 2. The van der Waals surface area contributed by atoms with Gasteiger partial charge in [-0.3, -0.25) is 19.1 Å². The molecule has 0 aromatic heterocycles. The molecule has 0 fully saturated rings. The fourth-order valence-corrected chi connectivity index (χ4v) is 5.56. The number of amides is 3. The van der Waals surface area contributed by atoms with Crippen LogP contribution in [-0.2, 0) is 21.0 Å². The van der Waals surface area contributed by atoms with Crippen molar-refractivity contribution in [2.24, 2.45) is 0 Å². The fourth-order valence-electron chi connectivity index (χ4n) is 4.98. The van der Waals surface area contributed by atoms with Crippen LogP contribution in [0.1, 0.15) is 56.9 Å². The van der Waals surface area contributed by atoms with Gasteiger partial charge in [0.1, 0.15) is 24.7 Å². The van der Waals surface area contributed by atoms with Crippen LogP contribution in [0.15, 0.2) is 116 Å². The summed E-state index contributed by atoms with van der Waals surface area (Å²) in [6.45, 7) is 11.4. The van der Waals surface area contributed by atoms with Crippen molar-refractivity contribution in [1.29, 1.82) is 0 Å². The molecule has 10 nitrogen and oxygen atoms in total. The second kappa shape index (κ2) is 26.9. The van der Waals surface area contributed by atoms with Crippen LogP contribution in [0.4, 0.5) is 11.4 Å². The van der Waals surface area contributed by atoms with Crippen molar-refractivity contribution < 1.29 is 23.9 Å². The number of nitrogens with one attached hydrogen (secondary N) is 5. The average Bonchev–Trinajstić information content (AvgIpc) is 3.16. The average molecular weight is 742 g/mol. The quantitative estimate of drug-likeness (QED) is 0.0293. The minimum absolute atomic E-state index is 0.00787. The lowest BCUT2D eigenvalue weighted by Crippen LogP contribution is -2.29. The van der Waals surface area contributed by atoms with E-state index in [1.54, 1.807) is 6.08 Å². The van der Waals surface area contributed by atoms with Crippen LogP contribution in [0, 0.1) is 0 Å². The van der Waals surface area contributed by atoms with Gasteiger partial charge in [-0.05, 0) is 67.6 Å². The van der Waals surface area contributed by atoms with Gasteiger partial charge in [-0.15, -0.1) is 0 Å². The minimum Gasteiger partial charge on any atom is -0.489 e. The molecule has 0 aliphatic carbocycles. The molecule has 0 aliphatic heterocycles. The Labute approximate surface area is 319 Å². The molecule has 0 spiro atoms. The number of hydrogen-bond acceptors (Lipinski definition) is 8. The van der Waals surface area contributed by atoms with Crippen LogP contribution in [-0.4, -0.2) is 56.3 Å². The molecule has 0 aliphatic rings. The molecule has 53 heavy (non-hydrogen) atoms. The minimum atomic E-state index is -0.0344. The van der Waals surface area contributed by atoms with Gasteiger partial charge < -0.3 is 30.7 Å². The Morgan fingerprint density at radius 1 is 0.679 bits per heavy atom. The predicted molar refractivity (Wildman–Crippen MR) is 218 cm³/mol. The summed E-state index contributed by atoms with van der Waals surface area (Å²) in [5.41, 5.74) is 3.34. The van der Waals surface area contributed by atoms with E-state index in [4.69, 9.17) is 9.47 Å². The third-order valence-corrected chi connectivity index (χ3v) is 8.56. The molecule has 3 aromatic carbocycles. The first-order valence-corrected chi connectivity index (χ1v) is 19.3. The summed E-state index contributed by atoms with van der Waals surface area (Å²) in [4.78, 5) is 36.9. The summed E-state index contributed by atoms with van der Waals surface area (Å²) in [5, 5.41) is 12.2. The first-order valence-electron chi connectivity index (χ1n) is 18.3. The summed E-state index contributed by atoms with van der Waals surface area (Å²) in [6.07, 6.45) is 11.4. The van der Waals surface area contributed by atoms with E-state index in [9.17, 15) is 14.4 Å². The van der Waals surface area contributed by atoms with Crippen molar-refractivity contribution in [2.75, 3.05) is 49.2 Å². The second-order valence-corrected chi connectivity index (χ2v) is 13.2. The fraction of sp³-hybridized carbons (Fsp3) is 0.357. The molecular formula is C42H55N5O5S. The van der Waals surface area contributed by atoms with Crippen LogP contribution in [0.3, 0.4) is 0 Å². The van der Waals surface area contributed by atoms with Crippen LogP contribution in [0.5, 0.6) is 11.5 Å². The molecule has 3 amide bonds. The molecule has 0 atom stereocenters. The van der Waals surface area contributed by atoms with E-state index in [2.05, 4.69) is 39.1 Å². The number of benzene rings is 3. The maximum absolute atomic E-state index is 12.4. The van der Waals surface area contributed by atoms with E-state index in [1.165, 1.54) is 11.9 Å². The zero-order valence-electron chi connectivity index (χ0n) is 30.7. The van der Waals surface area contributed by atoms with Crippen molar-refractivity contribution in [1.82, 2.24) is 15.4 Å². The van der Waals surface area contributed by atoms with Gasteiger partial charge in [0.05, 0.1) is 5.75 Å². The van der Waals surface area contributed by atoms with Gasteiger partial charge in [0.15, 0.2) is 0 Å². The number of carbonyl (C=O) groups is 3. The molecule has 3 rings (SSSR count). The topological polar surface area (TPSA) is 130 Å². The van der Waals surface area contributed by atoms with Gasteiger partial charge in [0, 0.05) is 56.0 Å². The predicted octanol–water partition coefficient (Wildman–Crippen LogP) is 7.58. The lowest BCUT2D eigenvalue weighted by molar-refractivity contribution is -0.119. The van der Waals surface area contributed by atoms with Crippen molar-refractivity contribution in [2.45, 2.75) is 58.0 Å². The molecule has 5 N–H and O–H groups in total. The molecule has 0 heterocycles. The van der Waals surface area contributed by atoms with Crippen LogP contribution >= 0.6 is 11.9 Å². The SMILES string of the molecule is C=C/C=C\C(=C)COc1cccc(NC(=O)CCCCCNCCNSCC(=O)NCCCCCC(=O)Nc2cccc(OCc3ccccc3)c2)c1. The Kier molecular flexibility index (Phi) is 21.6. The summed E-state index contributed by atoms with van der Waals surface area (Å²) >= 11 is 1.39. The van der Waals surface area contributed by atoms with Crippen molar-refractivity contribution in [3.63, 3.8) is 0 Å². The monoisotopic (exact) mass is 741 g/mol. The summed E-state index contributed by atoms with van der Waals surface area (Å²) in [7, 11) is 0. The van der Waals surface area contributed by atoms with Gasteiger partial charge in [-0.1, -0.05) is 98.6 Å².